The number of rotatable bonds is 6. The number of fused-ring (bicyclic) bond motifs is 1. The average molecular weight is 411 g/mol. The fourth-order valence-corrected chi connectivity index (χ4v) is 6.39. The molecule has 0 radical (unpaired) electrons. The molecule has 2 aliphatic heterocycles. The Morgan fingerprint density at radius 3 is 2.64 bits per heavy atom. The minimum atomic E-state index is -3.30. The Balaban J connectivity index is 1.51. The van der Waals surface area contributed by atoms with Gasteiger partial charge in [-0.2, -0.15) is 4.98 Å². The lowest BCUT2D eigenvalue weighted by molar-refractivity contribution is -0.130. The van der Waals surface area contributed by atoms with E-state index in [-0.39, 0.29) is 17.6 Å². The first-order valence-electron chi connectivity index (χ1n) is 10.4. The van der Waals surface area contributed by atoms with Crippen LogP contribution in [0, 0.1) is 18.8 Å². The van der Waals surface area contributed by atoms with E-state index < -0.39 is 15.4 Å². The molecule has 3 fully saturated rings. The van der Waals surface area contributed by atoms with Crippen molar-refractivity contribution in [3.05, 3.63) is 11.7 Å². The molecule has 156 valence electrons. The molecule has 1 saturated carbocycles. The maximum absolute atomic E-state index is 12.9. The molecule has 3 aliphatic rings. The normalized spacial score (nSPS) is 28.9. The Morgan fingerprint density at radius 2 is 2.00 bits per heavy atom. The lowest BCUT2D eigenvalue weighted by Gasteiger charge is -2.26. The molecule has 28 heavy (non-hydrogen) atoms. The first-order chi connectivity index (χ1) is 13.3. The van der Waals surface area contributed by atoms with E-state index in [9.17, 15) is 13.2 Å². The number of sulfonamides is 1. The third-order valence-electron chi connectivity index (χ3n) is 6.88. The molecule has 4 rings (SSSR count). The number of carbonyl (C=O) groups excluding carboxylic acids is 1. The van der Waals surface area contributed by atoms with Crippen molar-refractivity contribution in [1.29, 1.82) is 0 Å². The van der Waals surface area contributed by atoms with Gasteiger partial charge in [-0.3, -0.25) is 4.79 Å². The summed E-state index contributed by atoms with van der Waals surface area (Å²) in [4.78, 5) is 19.2. The van der Waals surface area contributed by atoms with Crippen LogP contribution in [0.25, 0.3) is 0 Å². The molecule has 0 aromatic carbocycles. The second-order valence-electron chi connectivity index (χ2n) is 8.66. The van der Waals surface area contributed by atoms with E-state index >= 15 is 0 Å². The summed E-state index contributed by atoms with van der Waals surface area (Å²) in [6.45, 7) is 5.14. The van der Waals surface area contributed by atoms with Gasteiger partial charge in [0.05, 0.1) is 11.2 Å². The molecule has 0 spiro atoms. The summed E-state index contributed by atoms with van der Waals surface area (Å²) in [7, 11) is -3.30. The highest BCUT2D eigenvalue weighted by molar-refractivity contribution is 7.89. The maximum atomic E-state index is 12.9. The molecule has 9 heteroatoms. The van der Waals surface area contributed by atoms with Gasteiger partial charge < -0.3 is 9.42 Å². The summed E-state index contributed by atoms with van der Waals surface area (Å²) < 4.78 is 31.9. The molecule has 2 saturated heterocycles. The lowest BCUT2D eigenvalue weighted by Crippen LogP contribution is -2.41. The number of aryl methyl sites for hydroxylation is 1. The van der Waals surface area contributed by atoms with Crippen LogP contribution in [-0.4, -0.2) is 65.6 Å². The zero-order valence-electron chi connectivity index (χ0n) is 16.8. The SMILES string of the molecule is CCS(=O)(=O)N1C[C@@H]2CN(C(=O)CCC3CCCC3)C[C@]2(c2nc(C)no2)C1. The molecule has 0 N–H and O–H groups in total. The summed E-state index contributed by atoms with van der Waals surface area (Å²) in [5.74, 6) is 1.92. The Hall–Kier alpha value is -1.48. The van der Waals surface area contributed by atoms with E-state index in [1.807, 2.05) is 4.90 Å². The van der Waals surface area contributed by atoms with E-state index in [1.165, 1.54) is 30.0 Å². The highest BCUT2D eigenvalue weighted by Crippen LogP contribution is 2.45. The van der Waals surface area contributed by atoms with Gasteiger partial charge in [0.1, 0.15) is 0 Å². The Kier molecular flexibility index (Phi) is 5.24. The second-order valence-corrected chi connectivity index (χ2v) is 10.9. The number of nitrogens with zero attached hydrogens (tertiary/aromatic N) is 4. The van der Waals surface area contributed by atoms with Gasteiger partial charge in [0.25, 0.3) is 0 Å². The number of hydrogen-bond acceptors (Lipinski definition) is 6. The molecule has 1 amide bonds. The van der Waals surface area contributed by atoms with Crippen LogP contribution in [0.4, 0.5) is 0 Å². The summed E-state index contributed by atoms with van der Waals surface area (Å²) >= 11 is 0. The molecule has 1 aromatic heterocycles. The average Bonchev–Trinajstić information content (AvgIpc) is 3.42. The number of amides is 1. The quantitative estimate of drug-likeness (QED) is 0.708. The van der Waals surface area contributed by atoms with Crippen LogP contribution in [0.2, 0.25) is 0 Å². The minimum absolute atomic E-state index is 0.0101. The van der Waals surface area contributed by atoms with Crippen LogP contribution >= 0.6 is 0 Å². The van der Waals surface area contributed by atoms with E-state index in [0.717, 1.165) is 6.42 Å². The predicted octanol–water partition coefficient (Wildman–Crippen LogP) is 1.71. The van der Waals surface area contributed by atoms with Gasteiger partial charge in [0.15, 0.2) is 5.82 Å². The molecule has 1 aliphatic carbocycles. The van der Waals surface area contributed by atoms with Crippen molar-refractivity contribution in [3.8, 4) is 0 Å². The lowest BCUT2D eigenvalue weighted by atomic mass is 9.81. The molecule has 0 unspecified atom stereocenters. The van der Waals surface area contributed by atoms with Crippen molar-refractivity contribution >= 4 is 15.9 Å². The van der Waals surface area contributed by atoms with Gasteiger partial charge in [0, 0.05) is 38.5 Å². The highest BCUT2D eigenvalue weighted by Gasteiger charge is 2.59. The Bertz CT molecular complexity index is 833. The van der Waals surface area contributed by atoms with Crippen molar-refractivity contribution in [2.75, 3.05) is 31.9 Å². The fourth-order valence-electron chi connectivity index (χ4n) is 5.19. The van der Waals surface area contributed by atoms with Gasteiger partial charge in [-0.1, -0.05) is 30.8 Å². The molecule has 3 heterocycles. The largest absolute Gasteiger partial charge is 0.341 e. The smallest absolute Gasteiger partial charge is 0.236 e. The minimum Gasteiger partial charge on any atom is -0.341 e. The van der Waals surface area contributed by atoms with Gasteiger partial charge in [-0.15, -0.1) is 0 Å². The van der Waals surface area contributed by atoms with Crippen molar-refractivity contribution in [1.82, 2.24) is 19.3 Å². The van der Waals surface area contributed by atoms with Gasteiger partial charge in [-0.25, -0.2) is 12.7 Å². The number of aromatic nitrogens is 2. The summed E-state index contributed by atoms with van der Waals surface area (Å²) in [6, 6.07) is 0. The standard InChI is InChI=1S/C19H30N4O4S/c1-3-28(25,26)23-11-16-10-22(17(24)9-8-15-6-4-5-7-15)12-19(16,13-23)18-20-14(2)21-27-18/h15-16H,3-13H2,1-2H3/t16-,19-/m0/s1. The van der Waals surface area contributed by atoms with Crippen molar-refractivity contribution < 1.29 is 17.7 Å². The molecular weight excluding hydrogens is 380 g/mol. The number of carbonyl (C=O) groups is 1. The predicted molar refractivity (Wildman–Crippen MR) is 103 cm³/mol. The van der Waals surface area contributed by atoms with Crippen LogP contribution in [0.1, 0.15) is 57.2 Å². The van der Waals surface area contributed by atoms with Crippen LogP contribution in [0.5, 0.6) is 0 Å². The van der Waals surface area contributed by atoms with E-state index in [2.05, 4.69) is 10.1 Å². The monoisotopic (exact) mass is 410 g/mol. The fraction of sp³-hybridized carbons (Fsp3) is 0.842. The topological polar surface area (TPSA) is 96.6 Å². The van der Waals surface area contributed by atoms with Crippen LogP contribution in [-0.2, 0) is 20.2 Å². The van der Waals surface area contributed by atoms with Crippen molar-refractivity contribution in [2.24, 2.45) is 11.8 Å². The molecule has 2 atom stereocenters. The molecular formula is C19H30N4O4S. The van der Waals surface area contributed by atoms with E-state index in [4.69, 9.17) is 4.52 Å². The summed E-state index contributed by atoms with van der Waals surface area (Å²) in [6.07, 6.45) is 6.59. The Morgan fingerprint density at radius 1 is 1.25 bits per heavy atom. The summed E-state index contributed by atoms with van der Waals surface area (Å²) in [5.41, 5.74) is -0.591. The van der Waals surface area contributed by atoms with Gasteiger partial charge in [0.2, 0.25) is 21.8 Å². The van der Waals surface area contributed by atoms with Crippen molar-refractivity contribution in [2.45, 2.75) is 57.8 Å². The second kappa shape index (κ2) is 7.40. The first-order valence-corrected chi connectivity index (χ1v) is 12.0. The number of likely N-dealkylation sites (tertiary alicyclic amines) is 1. The van der Waals surface area contributed by atoms with Gasteiger partial charge >= 0.3 is 0 Å². The Labute approximate surface area is 166 Å². The third kappa shape index (κ3) is 3.47. The highest BCUT2D eigenvalue weighted by atomic mass is 32.2. The van der Waals surface area contributed by atoms with Crippen LogP contribution in [0.15, 0.2) is 4.52 Å². The molecule has 8 nitrogen and oxygen atoms in total. The zero-order valence-corrected chi connectivity index (χ0v) is 17.6. The van der Waals surface area contributed by atoms with Crippen molar-refractivity contribution in [3.63, 3.8) is 0 Å². The van der Waals surface area contributed by atoms with E-state index in [1.54, 1.807) is 13.8 Å². The molecule has 1 aromatic rings. The maximum Gasteiger partial charge on any atom is 0.236 e. The van der Waals surface area contributed by atoms with Crippen LogP contribution in [0.3, 0.4) is 0 Å². The molecule has 0 bridgehead atoms. The van der Waals surface area contributed by atoms with Crippen LogP contribution < -0.4 is 0 Å². The first kappa shape index (κ1) is 19.8. The van der Waals surface area contributed by atoms with E-state index in [0.29, 0.717) is 50.2 Å². The summed E-state index contributed by atoms with van der Waals surface area (Å²) in [5, 5.41) is 3.92. The van der Waals surface area contributed by atoms with Gasteiger partial charge in [-0.05, 0) is 26.2 Å². The zero-order chi connectivity index (χ0) is 19.9. The third-order valence-corrected chi connectivity index (χ3v) is 8.68. The number of hydrogen-bond donors (Lipinski definition) is 0.